The Bertz CT molecular complexity index is 1120. The molecule has 3 N–H and O–H groups in total. The van der Waals surface area contributed by atoms with Gasteiger partial charge in [0.05, 0.1) is 30.0 Å². The largest absolute Gasteiger partial charge is 0.494 e. The number of benzene rings is 2. The van der Waals surface area contributed by atoms with Crippen LogP contribution in [0.4, 0.5) is 30.4 Å². The average Bonchev–Trinajstić information content (AvgIpc) is 3.29. The molecule has 1 atom stereocenters. The number of ether oxygens (including phenoxy) is 1. The van der Waals surface area contributed by atoms with Crippen molar-refractivity contribution in [2.24, 2.45) is 0 Å². The van der Waals surface area contributed by atoms with E-state index in [-0.39, 0.29) is 23.5 Å². The first-order chi connectivity index (χ1) is 14.5. The van der Waals surface area contributed by atoms with Crippen LogP contribution in [0.1, 0.15) is 12.8 Å². The first-order valence-electron chi connectivity index (χ1n) is 9.25. The number of nitrogens with one attached hydrogen (secondary N) is 3. The molecular weight excluding hydrogens is 399 g/mol. The molecule has 4 rings (SSSR count). The highest BCUT2D eigenvalue weighted by atomic mass is 19.2. The third kappa shape index (κ3) is 3.73. The molecule has 1 fully saturated rings. The highest BCUT2D eigenvalue weighted by Crippen LogP contribution is 2.34. The molecular formula is C20H18F3N5O2. The second-order valence-electron chi connectivity index (χ2n) is 6.78. The maximum Gasteiger partial charge on any atom is 0.241 e. The van der Waals surface area contributed by atoms with Gasteiger partial charge in [-0.15, -0.1) is 0 Å². The van der Waals surface area contributed by atoms with Crippen LogP contribution in [0.2, 0.25) is 0 Å². The molecule has 30 heavy (non-hydrogen) atoms. The van der Waals surface area contributed by atoms with E-state index in [0.29, 0.717) is 22.3 Å². The summed E-state index contributed by atoms with van der Waals surface area (Å²) in [6.45, 7) is 0.772. The lowest BCUT2D eigenvalue weighted by Crippen LogP contribution is -2.35. The van der Waals surface area contributed by atoms with Crippen LogP contribution >= 0.6 is 0 Å². The average molecular weight is 417 g/mol. The quantitative estimate of drug-likeness (QED) is 0.551. The fourth-order valence-electron chi connectivity index (χ4n) is 3.33. The molecule has 0 bridgehead atoms. The SMILES string of the molecule is COc1cc2ncnc(Nc3ccc(F)c(F)c3F)c2cc1NC(=O)C1CCCN1. The summed E-state index contributed by atoms with van der Waals surface area (Å²) in [5.74, 6) is -3.91. The van der Waals surface area contributed by atoms with Gasteiger partial charge in [-0.3, -0.25) is 4.79 Å². The molecule has 0 spiro atoms. The van der Waals surface area contributed by atoms with Gasteiger partial charge >= 0.3 is 0 Å². The van der Waals surface area contributed by atoms with Gasteiger partial charge in [0.1, 0.15) is 17.9 Å². The fraction of sp³-hybridized carbons (Fsp3) is 0.250. The van der Waals surface area contributed by atoms with Crippen LogP contribution in [0.15, 0.2) is 30.6 Å². The van der Waals surface area contributed by atoms with Gasteiger partial charge < -0.3 is 20.7 Å². The van der Waals surface area contributed by atoms with Crippen molar-refractivity contribution in [1.82, 2.24) is 15.3 Å². The number of halogens is 3. The second kappa shape index (κ2) is 8.15. The molecule has 0 saturated carbocycles. The van der Waals surface area contributed by atoms with E-state index in [9.17, 15) is 18.0 Å². The molecule has 2 heterocycles. The smallest absolute Gasteiger partial charge is 0.241 e. The third-order valence-corrected chi connectivity index (χ3v) is 4.88. The van der Waals surface area contributed by atoms with Crippen molar-refractivity contribution < 1.29 is 22.7 Å². The number of carbonyl (C=O) groups is 1. The molecule has 1 aliphatic rings. The summed E-state index contributed by atoms with van der Waals surface area (Å²) in [5.41, 5.74) is 0.544. The van der Waals surface area contributed by atoms with E-state index >= 15 is 0 Å². The Labute approximate surface area is 169 Å². The van der Waals surface area contributed by atoms with Gasteiger partial charge in [0.15, 0.2) is 17.5 Å². The van der Waals surface area contributed by atoms with Crippen molar-refractivity contribution in [3.05, 3.63) is 48.0 Å². The summed E-state index contributed by atoms with van der Waals surface area (Å²) in [7, 11) is 1.46. The Morgan fingerprint density at radius 2 is 2.00 bits per heavy atom. The van der Waals surface area contributed by atoms with Gasteiger partial charge in [-0.1, -0.05) is 0 Å². The van der Waals surface area contributed by atoms with Crippen molar-refractivity contribution in [2.45, 2.75) is 18.9 Å². The lowest BCUT2D eigenvalue weighted by Gasteiger charge is -2.16. The van der Waals surface area contributed by atoms with Gasteiger partial charge in [-0.05, 0) is 37.6 Å². The Hall–Kier alpha value is -3.40. The Morgan fingerprint density at radius 3 is 2.73 bits per heavy atom. The first kappa shape index (κ1) is 19.9. The maximum atomic E-state index is 14.1. The number of hydrogen-bond acceptors (Lipinski definition) is 6. The van der Waals surface area contributed by atoms with Crippen LogP contribution in [0.25, 0.3) is 10.9 Å². The van der Waals surface area contributed by atoms with Crippen LogP contribution in [0.5, 0.6) is 5.75 Å². The van der Waals surface area contributed by atoms with Crippen LogP contribution in [-0.2, 0) is 4.79 Å². The van der Waals surface area contributed by atoms with Gasteiger partial charge in [-0.25, -0.2) is 23.1 Å². The van der Waals surface area contributed by atoms with Crippen molar-refractivity contribution in [3.8, 4) is 5.75 Å². The molecule has 156 valence electrons. The molecule has 1 amide bonds. The van der Waals surface area contributed by atoms with Crippen LogP contribution in [0.3, 0.4) is 0 Å². The van der Waals surface area contributed by atoms with Gasteiger partial charge in [0.25, 0.3) is 0 Å². The van der Waals surface area contributed by atoms with Crippen molar-refractivity contribution >= 4 is 34.0 Å². The molecule has 1 aromatic heterocycles. The standard InChI is InChI=1S/C20H18F3N5O2/c1-30-16-8-14-10(7-15(16)28-20(29)13-3-2-6-24-13)19(26-9-25-14)27-12-5-4-11(21)17(22)18(12)23/h4-5,7-9,13,24H,2-3,6H2,1H3,(H,28,29)(H,25,26,27). The highest BCUT2D eigenvalue weighted by molar-refractivity contribution is 6.01. The molecule has 0 aliphatic carbocycles. The number of aromatic nitrogens is 2. The van der Waals surface area contributed by atoms with E-state index in [1.54, 1.807) is 12.1 Å². The Balaban J connectivity index is 1.72. The predicted molar refractivity (Wildman–Crippen MR) is 105 cm³/mol. The molecule has 1 saturated heterocycles. The monoisotopic (exact) mass is 417 g/mol. The van der Waals surface area contributed by atoms with Crippen LogP contribution < -0.4 is 20.7 Å². The summed E-state index contributed by atoms with van der Waals surface area (Å²) >= 11 is 0. The third-order valence-electron chi connectivity index (χ3n) is 4.88. The maximum absolute atomic E-state index is 14.1. The zero-order valence-corrected chi connectivity index (χ0v) is 15.9. The van der Waals surface area contributed by atoms with E-state index in [0.717, 1.165) is 31.5 Å². The topological polar surface area (TPSA) is 88.2 Å². The van der Waals surface area contributed by atoms with Gasteiger partial charge in [-0.2, -0.15) is 0 Å². The zero-order valence-electron chi connectivity index (χ0n) is 15.9. The van der Waals surface area contributed by atoms with Crippen LogP contribution in [0, 0.1) is 17.5 Å². The number of carbonyl (C=O) groups excluding carboxylic acids is 1. The molecule has 3 aromatic rings. The zero-order chi connectivity index (χ0) is 21.3. The minimum Gasteiger partial charge on any atom is -0.494 e. The Morgan fingerprint density at radius 1 is 1.17 bits per heavy atom. The van der Waals surface area contributed by atoms with E-state index in [4.69, 9.17) is 4.74 Å². The Kier molecular flexibility index (Phi) is 5.40. The van der Waals surface area contributed by atoms with E-state index < -0.39 is 17.5 Å². The number of nitrogens with zero attached hydrogens (tertiary/aromatic N) is 2. The molecule has 1 aliphatic heterocycles. The molecule has 1 unspecified atom stereocenters. The summed E-state index contributed by atoms with van der Waals surface area (Å²) in [6.07, 6.45) is 2.88. The van der Waals surface area contributed by atoms with Crippen molar-refractivity contribution in [2.75, 3.05) is 24.3 Å². The summed E-state index contributed by atoms with van der Waals surface area (Å²) in [6, 6.07) is 4.77. The minimum atomic E-state index is -1.59. The molecule has 2 aromatic carbocycles. The molecule has 7 nitrogen and oxygen atoms in total. The second-order valence-corrected chi connectivity index (χ2v) is 6.78. The minimum absolute atomic E-state index is 0.155. The lowest BCUT2D eigenvalue weighted by atomic mass is 10.1. The number of anilines is 3. The summed E-state index contributed by atoms with van der Waals surface area (Å²) in [4.78, 5) is 20.7. The lowest BCUT2D eigenvalue weighted by molar-refractivity contribution is -0.117. The number of rotatable bonds is 5. The summed E-state index contributed by atoms with van der Waals surface area (Å²) in [5, 5.41) is 9.02. The fourth-order valence-corrected chi connectivity index (χ4v) is 3.33. The van der Waals surface area contributed by atoms with E-state index in [1.807, 2.05) is 0 Å². The van der Waals surface area contributed by atoms with Crippen molar-refractivity contribution in [3.63, 3.8) is 0 Å². The number of amides is 1. The number of fused-ring (bicyclic) bond motifs is 1. The molecule has 10 heteroatoms. The van der Waals surface area contributed by atoms with Crippen molar-refractivity contribution in [1.29, 1.82) is 0 Å². The first-order valence-corrected chi connectivity index (χ1v) is 9.25. The molecule has 0 radical (unpaired) electrons. The van der Waals surface area contributed by atoms with E-state index in [2.05, 4.69) is 25.9 Å². The number of methoxy groups -OCH3 is 1. The van der Waals surface area contributed by atoms with Crippen LogP contribution in [-0.4, -0.2) is 35.6 Å². The van der Waals surface area contributed by atoms with E-state index in [1.165, 1.54) is 13.4 Å². The number of hydrogen-bond donors (Lipinski definition) is 3. The van der Waals surface area contributed by atoms with Gasteiger partial charge in [0.2, 0.25) is 5.91 Å². The van der Waals surface area contributed by atoms with Gasteiger partial charge in [0, 0.05) is 11.5 Å². The predicted octanol–water partition coefficient (Wildman–Crippen LogP) is 3.49. The normalized spacial score (nSPS) is 15.9. The highest BCUT2D eigenvalue weighted by Gasteiger charge is 2.23. The summed E-state index contributed by atoms with van der Waals surface area (Å²) < 4.78 is 46.2.